The molecule has 0 bridgehead atoms. The topological polar surface area (TPSA) is 80.3 Å². The van der Waals surface area contributed by atoms with Crippen LogP contribution in [0.15, 0.2) is 54.7 Å². The second-order valence-corrected chi connectivity index (χ2v) is 6.98. The molecular formula is C21H18ClN3O3. The molecule has 1 aromatic heterocycles. The number of anilines is 1. The van der Waals surface area contributed by atoms with Gasteiger partial charge in [-0.3, -0.25) is 14.6 Å². The molecule has 1 aliphatic rings. The minimum absolute atomic E-state index is 0.188. The third-order valence-corrected chi connectivity index (χ3v) is 4.73. The Morgan fingerprint density at radius 2 is 1.93 bits per heavy atom. The third-order valence-electron chi connectivity index (χ3n) is 4.40. The highest BCUT2D eigenvalue weighted by atomic mass is 35.5. The molecule has 7 heteroatoms. The number of fused-ring (bicyclic) bond motifs is 1. The van der Waals surface area contributed by atoms with Crippen LogP contribution in [0.2, 0.25) is 5.02 Å². The average molecular weight is 396 g/mol. The summed E-state index contributed by atoms with van der Waals surface area (Å²) in [4.78, 5) is 29.0. The Morgan fingerprint density at radius 3 is 2.75 bits per heavy atom. The lowest BCUT2D eigenvalue weighted by Gasteiger charge is -2.12. The van der Waals surface area contributed by atoms with E-state index in [2.05, 4.69) is 15.6 Å². The number of carbonyl (C=O) groups excluding carboxylic acids is 2. The molecule has 2 amide bonds. The summed E-state index contributed by atoms with van der Waals surface area (Å²) in [7, 11) is 0. The Labute approximate surface area is 166 Å². The van der Waals surface area contributed by atoms with Crippen molar-refractivity contribution in [1.82, 2.24) is 10.3 Å². The van der Waals surface area contributed by atoms with Gasteiger partial charge in [-0.15, -0.1) is 0 Å². The van der Waals surface area contributed by atoms with Gasteiger partial charge in [0.15, 0.2) is 6.61 Å². The lowest BCUT2D eigenvalue weighted by molar-refractivity contribution is -0.118. The lowest BCUT2D eigenvalue weighted by Crippen LogP contribution is -2.28. The fourth-order valence-corrected chi connectivity index (χ4v) is 3.05. The molecule has 2 N–H and O–H groups in total. The summed E-state index contributed by atoms with van der Waals surface area (Å²) in [5.74, 6) is -0.0900. The lowest BCUT2D eigenvalue weighted by atomic mass is 10.1. The van der Waals surface area contributed by atoms with Gasteiger partial charge in [-0.25, -0.2) is 0 Å². The number of benzene rings is 2. The number of rotatable bonds is 6. The van der Waals surface area contributed by atoms with Crippen LogP contribution in [0.25, 0.3) is 10.9 Å². The first kappa shape index (κ1) is 18.3. The Bertz CT molecular complexity index is 1050. The summed E-state index contributed by atoms with van der Waals surface area (Å²) in [6, 6.07) is 14.2. The highest BCUT2D eigenvalue weighted by molar-refractivity contribution is 6.35. The minimum atomic E-state index is -0.370. The van der Waals surface area contributed by atoms with Crippen LogP contribution in [0.3, 0.4) is 0 Å². The Morgan fingerprint density at radius 1 is 1.11 bits per heavy atom. The summed E-state index contributed by atoms with van der Waals surface area (Å²) in [6.45, 7) is -0.216. The molecule has 0 aliphatic heterocycles. The fraction of sp³-hybridized carbons (Fsp3) is 0.190. The van der Waals surface area contributed by atoms with Gasteiger partial charge in [0, 0.05) is 17.6 Å². The van der Waals surface area contributed by atoms with Gasteiger partial charge in [0.2, 0.25) is 0 Å². The van der Waals surface area contributed by atoms with Crippen LogP contribution in [0.5, 0.6) is 5.75 Å². The molecule has 1 aliphatic carbocycles. The maximum Gasteiger partial charge on any atom is 0.262 e. The summed E-state index contributed by atoms with van der Waals surface area (Å²) in [5.41, 5.74) is 1.47. The van der Waals surface area contributed by atoms with E-state index in [4.69, 9.17) is 16.3 Å². The van der Waals surface area contributed by atoms with Crippen molar-refractivity contribution in [2.75, 3.05) is 11.9 Å². The highest BCUT2D eigenvalue weighted by Gasteiger charge is 2.25. The number of aromatic nitrogens is 1. The van der Waals surface area contributed by atoms with Crippen LogP contribution in [0.1, 0.15) is 23.2 Å². The Hall–Kier alpha value is -3.12. The van der Waals surface area contributed by atoms with Gasteiger partial charge >= 0.3 is 0 Å². The number of pyridine rings is 1. The summed E-state index contributed by atoms with van der Waals surface area (Å²) >= 11 is 6.17. The molecular weight excluding hydrogens is 378 g/mol. The maximum atomic E-state index is 12.4. The van der Waals surface area contributed by atoms with Gasteiger partial charge in [-0.2, -0.15) is 0 Å². The third kappa shape index (κ3) is 4.07. The molecule has 0 spiro atoms. The van der Waals surface area contributed by atoms with E-state index in [1.807, 2.05) is 6.07 Å². The first-order valence-corrected chi connectivity index (χ1v) is 9.35. The zero-order chi connectivity index (χ0) is 19.5. The second kappa shape index (κ2) is 7.86. The van der Waals surface area contributed by atoms with E-state index >= 15 is 0 Å². The van der Waals surface area contributed by atoms with E-state index in [0.717, 1.165) is 18.2 Å². The molecule has 0 saturated heterocycles. The number of amides is 2. The molecule has 1 saturated carbocycles. The molecule has 142 valence electrons. The maximum absolute atomic E-state index is 12.4. The molecule has 6 nitrogen and oxygen atoms in total. The van der Waals surface area contributed by atoms with Gasteiger partial charge in [-0.05, 0) is 49.2 Å². The van der Waals surface area contributed by atoms with Gasteiger partial charge < -0.3 is 15.4 Å². The molecule has 0 atom stereocenters. The normalized spacial score (nSPS) is 13.2. The molecule has 1 heterocycles. The van der Waals surface area contributed by atoms with Crippen LogP contribution >= 0.6 is 11.6 Å². The zero-order valence-corrected chi connectivity index (χ0v) is 15.7. The zero-order valence-electron chi connectivity index (χ0n) is 14.9. The standard InChI is InChI=1S/C21H18ClN3O3/c22-16-9-10-18(20-14(16)5-3-11-23-20)28-12-19(26)25-17-6-2-1-4-15(17)21(27)24-13-7-8-13/h1-6,9-11,13H,7-8,12H2,(H,24,27)(H,25,26). The molecule has 3 aromatic rings. The van der Waals surface area contributed by atoms with Crippen molar-refractivity contribution in [1.29, 1.82) is 0 Å². The van der Waals surface area contributed by atoms with Crippen molar-refractivity contribution in [3.05, 3.63) is 65.3 Å². The largest absolute Gasteiger partial charge is 0.481 e. The van der Waals surface area contributed by atoms with Crippen molar-refractivity contribution in [2.45, 2.75) is 18.9 Å². The molecule has 4 rings (SSSR count). The molecule has 0 radical (unpaired) electrons. The second-order valence-electron chi connectivity index (χ2n) is 6.58. The SMILES string of the molecule is O=C(COc1ccc(Cl)c2cccnc12)Nc1ccccc1C(=O)NC1CC1. The van der Waals surface area contributed by atoms with Crippen LogP contribution in [-0.4, -0.2) is 29.4 Å². The quantitative estimate of drug-likeness (QED) is 0.665. The number of nitrogens with one attached hydrogen (secondary N) is 2. The first-order chi connectivity index (χ1) is 13.6. The van der Waals surface area contributed by atoms with Gasteiger partial charge in [0.25, 0.3) is 11.8 Å². The Kier molecular flexibility index (Phi) is 5.12. The fourth-order valence-electron chi connectivity index (χ4n) is 2.84. The number of nitrogens with zero attached hydrogens (tertiary/aromatic N) is 1. The van der Waals surface area contributed by atoms with E-state index in [-0.39, 0.29) is 24.5 Å². The van der Waals surface area contributed by atoms with E-state index in [1.165, 1.54) is 0 Å². The van der Waals surface area contributed by atoms with E-state index < -0.39 is 0 Å². The summed E-state index contributed by atoms with van der Waals surface area (Å²) < 4.78 is 5.65. The van der Waals surface area contributed by atoms with Crippen molar-refractivity contribution in [3.63, 3.8) is 0 Å². The molecule has 2 aromatic carbocycles. The van der Waals surface area contributed by atoms with E-state index in [1.54, 1.807) is 48.7 Å². The van der Waals surface area contributed by atoms with Gasteiger partial charge in [0.1, 0.15) is 11.3 Å². The van der Waals surface area contributed by atoms with Crippen molar-refractivity contribution >= 4 is 40.0 Å². The van der Waals surface area contributed by atoms with E-state index in [9.17, 15) is 9.59 Å². The van der Waals surface area contributed by atoms with Crippen LogP contribution in [0, 0.1) is 0 Å². The number of carbonyl (C=O) groups is 2. The number of hydrogen-bond donors (Lipinski definition) is 2. The Balaban J connectivity index is 1.44. The van der Waals surface area contributed by atoms with E-state index in [0.29, 0.717) is 27.5 Å². The van der Waals surface area contributed by atoms with Crippen LogP contribution in [0.4, 0.5) is 5.69 Å². The smallest absolute Gasteiger partial charge is 0.262 e. The number of hydrogen-bond acceptors (Lipinski definition) is 4. The van der Waals surface area contributed by atoms with Crippen molar-refractivity contribution in [2.24, 2.45) is 0 Å². The van der Waals surface area contributed by atoms with Crippen molar-refractivity contribution < 1.29 is 14.3 Å². The minimum Gasteiger partial charge on any atom is -0.481 e. The summed E-state index contributed by atoms with van der Waals surface area (Å²) in [5, 5.41) is 6.99. The summed E-state index contributed by atoms with van der Waals surface area (Å²) in [6.07, 6.45) is 3.63. The molecule has 0 unspecified atom stereocenters. The number of halogens is 1. The van der Waals surface area contributed by atoms with Crippen LogP contribution < -0.4 is 15.4 Å². The van der Waals surface area contributed by atoms with Crippen LogP contribution in [-0.2, 0) is 4.79 Å². The predicted octanol–water partition coefficient (Wildman–Crippen LogP) is 3.80. The number of ether oxygens (including phenoxy) is 1. The number of para-hydroxylation sites is 1. The average Bonchev–Trinajstić information content (AvgIpc) is 3.52. The predicted molar refractivity (Wildman–Crippen MR) is 108 cm³/mol. The monoisotopic (exact) mass is 395 g/mol. The first-order valence-electron chi connectivity index (χ1n) is 8.97. The van der Waals surface area contributed by atoms with Crippen molar-refractivity contribution in [3.8, 4) is 5.75 Å². The molecule has 1 fully saturated rings. The molecule has 28 heavy (non-hydrogen) atoms. The highest BCUT2D eigenvalue weighted by Crippen LogP contribution is 2.29. The van der Waals surface area contributed by atoms with Gasteiger partial charge in [0.05, 0.1) is 16.3 Å². The van der Waals surface area contributed by atoms with Gasteiger partial charge in [-0.1, -0.05) is 23.7 Å².